The summed E-state index contributed by atoms with van der Waals surface area (Å²) in [6.45, 7) is 2.23. The third kappa shape index (κ3) is 4.33. The van der Waals surface area contributed by atoms with Crippen LogP contribution in [0.15, 0.2) is 53.3 Å². The normalized spacial score (nSPS) is 14.3. The van der Waals surface area contributed by atoms with Crippen LogP contribution in [-0.2, 0) is 17.5 Å². The van der Waals surface area contributed by atoms with Crippen LogP contribution in [-0.4, -0.2) is 43.6 Å². The van der Waals surface area contributed by atoms with Gasteiger partial charge in [0.15, 0.2) is 0 Å². The molecule has 0 saturated carbocycles. The van der Waals surface area contributed by atoms with Gasteiger partial charge in [0.1, 0.15) is 0 Å². The molecule has 1 aliphatic rings. The molecule has 1 amide bonds. The quantitative estimate of drug-likeness (QED) is 0.433. The molecule has 4 aromatic rings. The molecule has 170 valence electrons. The number of aryl methyl sites for hydroxylation is 1. The average Bonchev–Trinajstić information content (AvgIpc) is 3.57. The molecule has 2 aromatic carbocycles. The van der Waals surface area contributed by atoms with Crippen molar-refractivity contribution in [1.82, 2.24) is 24.6 Å². The Bertz CT molecular complexity index is 1290. The van der Waals surface area contributed by atoms with Gasteiger partial charge in [-0.3, -0.25) is 4.79 Å². The van der Waals surface area contributed by atoms with Crippen molar-refractivity contribution in [1.29, 1.82) is 0 Å². The fourth-order valence-electron chi connectivity index (χ4n) is 3.98. The number of aromatic nitrogens is 4. The van der Waals surface area contributed by atoms with Crippen LogP contribution in [0.1, 0.15) is 24.8 Å². The van der Waals surface area contributed by atoms with Crippen molar-refractivity contribution in [3.05, 3.63) is 54.4 Å². The summed E-state index contributed by atoms with van der Waals surface area (Å²) in [6.07, 6.45) is -0.138. The molecule has 33 heavy (non-hydrogen) atoms. The number of likely N-dealkylation sites (tertiary alicyclic amines) is 1. The van der Waals surface area contributed by atoms with Gasteiger partial charge < -0.3 is 14.0 Å². The average molecular weight is 455 g/mol. The Kier molecular flexibility index (Phi) is 5.35. The first-order valence-electron chi connectivity index (χ1n) is 10.6. The third-order valence-electron chi connectivity index (χ3n) is 5.79. The lowest BCUT2D eigenvalue weighted by Crippen LogP contribution is -2.28. The number of benzene rings is 2. The monoisotopic (exact) mass is 455 g/mol. The number of halogens is 3. The maximum atomic E-state index is 12.8. The van der Waals surface area contributed by atoms with Crippen LogP contribution in [0, 0.1) is 0 Å². The summed E-state index contributed by atoms with van der Waals surface area (Å²) in [6, 6.07) is 10.1. The molecule has 0 radical (unpaired) electrons. The molecule has 0 N–H and O–H groups in total. The number of carbonyl (C=O) groups is 1. The van der Waals surface area contributed by atoms with Gasteiger partial charge in [0.2, 0.25) is 11.7 Å². The fourth-order valence-corrected chi connectivity index (χ4v) is 3.98. The molecule has 5 rings (SSSR count). The number of hydrogen-bond acceptors (Lipinski definition) is 5. The Morgan fingerprint density at radius 1 is 1.03 bits per heavy atom. The molecule has 0 spiro atoms. The zero-order valence-corrected chi connectivity index (χ0v) is 17.5. The van der Waals surface area contributed by atoms with Gasteiger partial charge in [-0.1, -0.05) is 5.16 Å². The highest BCUT2D eigenvalue weighted by Crippen LogP contribution is 2.31. The second-order valence-electron chi connectivity index (χ2n) is 7.98. The maximum Gasteiger partial charge on any atom is 0.416 e. The summed E-state index contributed by atoms with van der Waals surface area (Å²) >= 11 is 0. The van der Waals surface area contributed by atoms with Crippen LogP contribution in [0.5, 0.6) is 0 Å². The number of imidazole rings is 1. The molecule has 1 saturated heterocycles. The zero-order valence-electron chi connectivity index (χ0n) is 17.5. The van der Waals surface area contributed by atoms with Crippen LogP contribution in [0.4, 0.5) is 13.2 Å². The molecule has 0 bridgehead atoms. The van der Waals surface area contributed by atoms with Crippen LogP contribution >= 0.6 is 0 Å². The minimum atomic E-state index is -4.40. The number of hydrogen-bond donors (Lipinski definition) is 0. The third-order valence-corrected chi connectivity index (χ3v) is 5.79. The number of nitrogens with zero attached hydrogens (tertiary/aromatic N) is 5. The first kappa shape index (κ1) is 21.2. The number of alkyl halides is 3. The van der Waals surface area contributed by atoms with E-state index in [2.05, 4.69) is 15.1 Å². The Morgan fingerprint density at radius 2 is 1.76 bits per heavy atom. The van der Waals surface area contributed by atoms with Crippen molar-refractivity contribution in [2.24, 2.45) is 0 Å². The summed E-state index contributed by atoms with van der Waals surface area (Å²) in [4.78, 5) is 23.0. The molecule has 0 atom stereocenters. The first-order valence-corrected chi connectivity index (χ1v) is 10.6. The lowest BCUT2D eigenvalue weighted by atomic mass is 10.1. The highest BCUT2D eigenvalue weighted by Gasteiger charge is 2.30. The fraction of sp³-hybridized carbons (Fsp3) is 0.304. The van der Waals surface area contributed by atoms with Crippen molar-refractivity contribution < 1.29 is 22.5 Å². The van der Waals surface area contributed by atoms with Gasteiger partial charge in [-0.05, 0) is 55.3 Å². The highest BCUT2D eigenvalue weighted by molar-refractivity contribution is 5.81. The van der Waals surface area contributed by atoms with Crippen molar-refractivity contribution in [2.45, 2.75) is 32.0 Å². The van der Waals surface area contributed by atoms with Crippen molar-refractivity contribution in [3.63, 3.8) is 0 Å². The SMILES string of the molecule is O=C(CCn1cnc2cc(-c3noc(-c4ccc(C(F)(F)F)cc4)n3)ccc21)N1CCCC1. The molecular weight excluding hydrogens is 435 g/mol. The van der Waals surface area contributed by atoms with Gasteiger partial charge in [-0.25, -0.2) is 4.98 Å². The van der Waals surface area contributed by atoms with Gasteiger partial charge in [0.25, 0.3) is 5.89 Å². The Balaban J connectivity index is 1.32. The summed E-state index contributed by atoms with van der Waals surface area (Å²) < 4.78 is 45.5. The Hall–Kier alpha value is -3.69. The second-order valence-corrected chi connectivity index (χ2v) is 7.98. The second kappa shape index (κ2) is 8.34. The number of rotatable bonds is 5. The maximum absolute atomic E-state index is 12.8. The number of fused-ring (bicyclic) bond motifs is 1. The van der Waals surface area contributed by atoms with E-state index < -0.39 is 11.7 Å². The molecule has 3 heterocycles. The zero-order chi connectivity index (χ0) is 23.0. The first-order chi connectivity index (χ1) is 15.9. The Morgan fingerprint density at radius 3 is 2.48 bits per heavy atom. The van der Waals surface area contributed by atoms with Crippen molar-refractivity contribution >= 4 is 16.9 Å². The minimum absolute atomic E-state index is 0.129. The highest BCUT2D eigenvalue weighted by atomic mass is 19.4. The van der Waals surface area contributed by atoms with Gasteiger partial charge in [0.05, 0.1) is 22.9 Å². The topological polar surface area (TPSA) is 77.0 Å². The van der Waals surface area contributed by atoms with Gasteiger partial charge >= 0.3 is 6.18 Å². The Labute approximate surface area is 186 Å². The largest absolute Gasteiger partial charge is 0.416 e. The van der Waals surface area contributed by atoms with Gasteiger partial charge in [-0.15, -0.1) is 0 Å². The van der Waals surface area contributed by atoms with E-state index in [-0.39, 0.29) is 11.8 Å². The standard InChI is InChI=1S/C23H20F3N5O2/c24-23(25,26)17-6-3-15(4-7-17)22-28-21(29-33-22)16-5-8-19-18(13-16)27-14-31(19)12-9-20(32)30-10-1-2-11-30/h3-8,13-14H,1-2,9-12H2. The minimum Gasteiger partial charge on any atom is -0.343 e. The van der Waals surface area contributed by atoms with E-state index >= 15 is 0 Å². The van der Waals surface area contributed by atoms with E-state index in [0.717, 1.165) is 49.1 Å². The molecular formula is C23H20F3N5O2. The predicted octanol–water partition coefficient (Wildman–Crippen LogP) is 4.78. The van der Waals surface area contributed by atoms with Crippen LogP contribution in [0.2, 0.25) is 0 Å². The van der Waals surface area contributed by atoms with E-state index in [1.54, 1.807) is 6.33 Å². The molecule has 1 aliphatic heterocycles. The smallest absolute Gasteiger partial charge is 0.343 e. The van der Waals surface area contributed by atoms with Crippen molar-refractivity contribution in [3.8, 4) is 22.8 Å². The summed E-state index contributed by atoms with van der Waals surface area (Å²) in [5, 5.41) is 3.96. The van der Waals surface area contributed by atoms with Crippen LogP contribution < -0.4 is 0 Å². The summed E-state index contributed by atoms with van der Waals surface area (Å²) in [5.41, 5.74) is 1.94. The van der Waals surface area contributed by atoms with Crippen LogP contribution in [0.25, 0.3) is 33.9 Å². The van der Waals surface area contributed by atoms with E-state index in [1.165, 1.54) is 12.1 Å². The van der Waals surface area contributed by atoms with E-state index in [4.69, 9.17) is 4.52 Å². The van der Waals surface area contributed by atoms with Gasteiger partial charge in [0, 0.05) is 37.2 Å². The van der Waals surface area contributed by atoms with Crippen molar-refractivity contribution in [2.75, 3.05) is 13.1 Å². The lowest BCUT2D eigenvalue weighted by molar-refractivity contribution is -0.137. The molecule has 10 heteroatoms. The summed E-state index contributed by atoms with van der Waals surface area (Å²) in [7, 11) is 0. The van der Waals surface area contributed by atoms with E-state index in [1.807, 2.05) is 27.7 Å². The molecule has 0 unspecified atom stereocenters. The summed E-state index contributed by atoms with van der Waals surface area (Å²) in [5.74, 6) is 0.601. The molecule has 2 aromatic heterocycles. The van der Waals surface area contributed by atoms with Gasteiger partial charge in [-0.2, -0.15) is 18.2 Å². The number of amides is 1. The number of carbonyl (C=O) groups excluding carboxylic acids is 1. The lowest BCUT2D eigenvalue weighted by Gasteiger charge is -2.15. The molecule has 0 aliphatic carbocycles. The predicted molar refractivity (Wildman–Crippen MR) is 114 cm³/mol. The van der Waals surface area contributed by atoms with E-state index in [9.17, 15) is 18.0 Å². The van der Waals surface area contributed by atoms with E-state index in [0.29, 0.717) is 29.9 Å². The molecule has 1 fully saturated rings. The molecule has 7 nitrogen and oxygen atoms in total. The van der Waals surface area contributed by atoms with Crippen LogP contribution in [0.3, 0.4) is 0 Å².